The van der Waals surface area contributed by atoms with Gasteiger partial charge in [-0.1, -0.05) is 67.7 Å². The first-order valence-electron chi connectivity index (χ1n) is 7.76. The Kier molecular flexibility index (Phi) is 6.40. The molecule has 0 saturated heterocycles. The number of ether oxygens (including phenoxy) is 1. The van der Waals surface area contributed by atoms with Gasteiger partial charge in [0.2, 0.25) is 0 Å². The van der Waals surface area contributed by atoms with Gasteiger partial charge in [0, 0.05) is 21.1 Å². The molecule has 0 bridgehead atoms. The molecule has 0 spiro atoms. The first-order valence-corrected chi connectivity index (χ1v) is 9.72. The number of halogens is 3. The normalized spacial score (nSPS) is 10.5. The maximum absolute atomic E-state index is 6.21. The molecule has 128 valence electrons. The number of rotatable bonds is 6. The van der Waals surface area contributed by atoms with Crippen molar-refractivity contribution in [2.24, 2.45) is 0 Å². The molecular weight excluding hydrogens is 465 g/mol. The Labute approximate surface area is 169 Å². The summed E-state index contributed by atoms with van der Waals surface area (Å²) in [6.07, 6.45) is 0. The van der Waals surface area contributed by atoms with Crippen molar-refractivity contribution in [3.05, 3.63) is 91.8 Å². The highest BCUT2D eigenvalue weighted by Crippen LogP contribution is 2.27. The Morgan fingerprint density at radius 1 is 0.880 bits per heavy atom. The quantitative estimate of drug-likeness (QED) is 0.407. The number of nitrogens with one attached hydrogen (secondary N) is 1. The van der Waals surface area contributed by atoms with E-state index in [1.807, 2.05) is 60.7 Å². The smallest absolute Gasteiger partial charge is 0.124 e. The maximum Gasteiger partial charge on any atom is 0.124 e. The minimum atomic E-state index is 0.522. The van der Waals surface area contributed by atoms with Gasteiger partial charge >= 0.3 is 0 Å². The monoisotopic (exact) mass is 479 g/mol. The van der Waals surface area contributed by atoms with Crippen LogP contribution in [0.15, 0.2) is 75.7 Å². The van der Waals surface area contributed by atoms with E-state index in [1.54, 1.807) is 0 Å². The highest BCUT2D eigenvalue weighted by Gasteiger charge is 2.07. The molecule has 0 unspecified atom stereocenters. The van der Waals surface area contributed by atoms with E-state index in [4.69, 9.17) is 16.3 Å². The average molecular weight is 482 g/mol. The predicted molar refractivity (Wildman–Crippen MR) is 111 cm³/mol. The molecule has 3 aromatic rings. The molecule has 0 aliphatic rings. The third-order valence-electron chi connectivity index (χ3n) is 3.67. The van der Waals surface area contributed by atoms with Gasteiger partial charge in [0.15, 0.2) is 0 Å². The van der Waals surface area contributed by atoms with E-state index in [0.29, 0.717) is 18.2 Å². The summed E-state index contributed by atoms with van der Waals surface area (Å²) in [6.45, 7) is 1.15. The summed E-state index contributed by atoms with van der Waals surface area (Å²) >= 11 is 13.2. The molecule has 0 amide bonds. The molecule has 2 nitrogen and oxygen atoms in total. The molecular formula is C20H16Br2ClNO. The van der Waals surface area contributed by atoms with Gasteiger partial charge in [-0.2, -0.15) is 0 Å². The van der Waals surface area contributed by atoms with Gasteiger partial charge in [-0.25, -0.2) is 0 Å². The van der Waals surface area contributed by atoms with Crippen LogP contribution in [0.5, 0.6) is 5.75 Å². The van der Waals surface area contributed by atoms with Crippen molar-refractivity contribution in [3.63, 3.8) is 0 Å². The van der Waals surface area contributed by atoms with Gasteiger partial charge in [-0.05, 0) is 48.0 Å². The fraction of sp³-hybridized carbons (Fsp3) is 0.100. The molecule has 5 heteroatoms. The lowest BCUT2D eigenvalue weighted by Gasteiger charge is -2.14. The Morgan fingerprint density at radius 2 is 1.60 bits per heavy atom. The lowest BCUT2D eigenvalue weighted by molar-refractivity contribution is 0.303. The van der Waals surface area contributed by atoms with Crippen LogP contribution in [-0.4, -0.2) is 0 Å². The summed E-state index contributed by atoms with van der Waals surface area (Å²) in [5, 5.41) is 4.07. The number of anilines is 1. The Hall–Kier alpha value is -1.49. The zero-order chi connectivity index (χ0) is 17.6. The number of benzene rings is 3. The van der Waals surface area contributed by atoms with Crippen molar-refractivity contribution in [3.8, 4) is 5.75 Å². The molecule has 0 saturated carbocycles. The van der Waals surface area contributed by atoms with E-state index < -0.39 is 0 Å². The molecule has 0 aliphatic carbocycles. The van der Waals surface area contributed by atoms with Gasteiger partial charge < -0.3 is 10.1 Å². The zero-order valence-corrected chi connectivity index (χ0v) is 17.2. The summed E-state index contributed by atoms with van der Waals surface area (Å²) in [5.41, 5.74) is 3.09. The van der Waals surface area contributed by atoms with Crippen LogP contribution in [0.3, 0.4) is 0 Å². The Balaban J connectivity index is 1.71. The average Bonchev–Trinajstić information content (AvgIpc) is 2.61. The van der Waals surface area contributed by atoms with Crippen LogP contribution in [0, 0.1) is 0 Å². The predicted octanol–water partition coefficient (Wildman–Crippen LogP) is 7.06. The van der Waals surface area contributed by atoms with Crippen molar-refractivity contribution >= 4 is 49.1 Å². The van der Waals surface area contributed by atoms with E-state index in [1.165, 1.54) is 0 Å². The topological polar surface area (TPSA) is 21.3 Å². The summed E-state index contributed by atoms with van der Waals surface area (Å²) < 4.78 is 8.10. The standard InChI is InChI=1S/C20H16Br2ClNO/c21-16-7-5-14(6-8-16)13-25-20-10-9-17(22)11-15(20)12-24-19-4-2-1-3-18(19)23/h1-11,24H,12-13H2. The van der Waals surface area contributed by atoms with Crippen molar-refractivity contribution in [2.45, 2.75) is 13.2 Å². The van der Waals surface area contributed by atoms with Crippen molar-refractivity contribution in [1.29, 1.82) is 0 Å². The van der Waals surface area contributed by atoms with E-state index >= 15 is 0 Å². The zero-order valence-electron chi connectivity index (χ0n) is 13.3. The largest absolute Gasteiger partial charge is 0.489 e. The summed E-state index contributed by atoms with van der Waals surface area (Å²) in [6, 6.07) is 21.8. The van der Waals surface area contributed by atoms with Gasteiger partial charge in [0.05, 0.1) is 10.7 Å². The van der Waals surface area contributed by atoms with Crippen molar-refractivity contribution in [2.75, 3.05) is 5.32 Å². The van der Waals surface area contributed by atoms with Crippen LogP contribution >= 0.6 is 43.5 Å². The van der Waals surface area contributed by atoms with E-state index in [9.17, 15) is 0 Å². The molecule has 0 radical (unpaired) electrons. The fourth-order valence-corrected chi connectivity index (χ4v) is 3.24. The first kappa shape index (κ1) is 18.3. The summed E-state index contributed by atoms with van der Waals surface area (Å²) in [5.74, 6) is 0.852. The molecule has 25 heavy (non-hydrogen) atoms. The van der Waals surface area contributed by atoms with Crippen LogP contribution in [0.1, 0.15) is 11.1 Å². The number of hydrogen-bond donors (Lipinski definition) is 1. The van der Waals surface area contributed by atoms with Gasteiger partial charge in [0.1, 0.15) is 12.4 Å². The second-order valence-electron chi connectivity index (χ2n) is 5.50. The minimum Gasteiger partial charge on any atom is -0.489 e. The van der Waals surface area contributed by atoms with Gasteiger partial charge in [0.25, 0.3) is 0 Å². The van der Waals surface area contributed by atoms with Gasteiger partial charge in [-0.3, -0.25) is 0 Å². The Morgan fingerprint density at radius 3 is 2.36 bits per heavy atom. The van der Waals surface area contributed by atoms with E-state index in [-0.39, 0.29) is 0 Å². The molecule has 0 fully saturated rings. The maximum atomic E-state index is 6.21. The molecule has 3 aromatic carbocycles. The first-order chi connectivity index (χ1) is 12.1. The molecule has 3 rings (SSSR count). The lowest BCUT2D eigenvalue weighted by atomic mass is 10.2. The van der Waals surface area contributed by atoms with Crippen molar-refractivity contribution in [1.82, 2.24) is 0 Å². The van der Waals surface area contributed by atoms with Gasteiger partial charge in [-0.15, -0.1) is 0 Å². The van der Waals surface area contributed by atoms with Crippen LogP contribution in [0.4, 0.5) is 5.69 Å². The third-order valence-corrected chi connectivity index (χ3v) is 5.02. The molecule has 0 heterocycles. The van der Waals surface area contributed by atoms with Crippen molar-refractivity contribution < 1.29 is 4.74 Å². The Bertz CT molecular complexity index is 853. The van der Waals surface area contributed by atoms with Crippen LogP contribution < -0.4 is 10.1 Å². The van der Waals surface area contributed by atoms with Crippen LogP contribution in [-0.2, 0) is 13.2 Å². The number of hydrogen-bond acceptors (Lipinski definition) is 2. The van der Waals surface area contributed by atoms with Crippen LogP contribution in [0.25, 0.3) is 0 Å². The SMILES string of the molecule is Clc1ccccc1NCc1cc(Br)ccc1OCc1ccc(Br)cc1. The van der Waals surface area contributed by atoms with Crippen LogP contribution in [0.2, 0.25) is 5.02 Å². The molecule has 0 aromatic heterocycles. The number of para-hydroxylation sites is 1. The highest BCUT2D eigenvalue weighted by molar-refractivity contribution is 9.10. The fourth-order valence-electron chi connectivity index (χ4n) is 2.36. The van der Waals surface area contributed by atoms with E-state index in [0.717, 1.165) is 31.5 Å². The second-order valence-corrected chi connectivity index (χ2v) is 7.74. The highest BCUT2D eigenvalue weighted by atomic mass is 79.9. The minimum absolute atomic E-state index is 0.522. The molecule has 1 N–H and O–H groups in total. The summed E-state index contributed by atoms with van der Waals surface area (Å²) in [7, 11) is 0. The molecule has 0 atom stereocenters. The summed E-state index contributed by atoms with van der Waals surface area (Å²) in [4.78, 5) is 0. The lowest BCUT2D eigenvalue weighted by Crippen LogP contribution is -2.04. The third kappa shape index (κ3) is 5.24. The van der Waals surface area contributed by atoms with E-state index in [2.05, 4.69) is 43.2 Å². The molecule has 0 aliphatic heterocycles. The second kappa shape index (κ2) is 8.75.